The molecule has 1 aliphatic rings. The van der Waals surface area contributed by atoms with Crippen molar-refractivity contribution in [2.45, 2.75) is 19.3 Å². The Hall–Kier alpha value is -7.69. The standard InChI is InChI=1S/C56H39N3O/c1-56(2)46-21-11-9-20-45(46)52-47(56)22-13-25-50(52)59-49-24-12-10-19-43(49)44-33-29-39-35-41(32-34-42(39)53(44)59)58(40-30-27-37(28-31-40)36-15-5-3-6-16-36)51-26-14-23-48-54(51)60-55(57-48)38-17-7-4-8-18-38/h3-35H,1-2H3. The maximum Gasteiger partial charge on any atom is 0.227 e. The van der Waals surface area contributed by atoms with Gasteiger partial charge in [-0.3, -0.25) is 0 Å². The minimum Gasteiger partial charge on any atom is -0.434 e. The third-order valence-electron chi connectivity index (χ3n) is 12.6. The predicted octanol–water partition coefficient (Wildman–Crippen LogP) is 15.2. The molecule has 0 radical (unpaired) electrons. The van der Waals surface area contributed by atoms with E-state index in [4.69, 9.17) is 9.40 Å². The molecule has 0 N–H and O–H groups in total. The van der Waals surface area contributed by atoms with E-state index in [1.54, 1.807) is 0 Å². The van der Waals surface area contributed by atoms with Gasteiger partial charge >= 0.3 is 0 Å². The van der Waals surface area contributed by atoms with E-state index >= 15 is 0 Å². The highest BCUT2D eigenvalue weighted by atomic mass is 16.3. The van der Waals surface area contributed by atoms with Gasteiger partial charge < -0.3 is 13.9 Å². The van der Waals surface area contributed by atoms with Crippen LogP contribution < -0.4 is 4.90 Å². The van der Waals surface area contributed by atoms with E-state index in [1.165, 1.54) is 60.7 Å². The Kier molecular flexibility index (Phi) is 7.54. The number of oxazole rings is 1. The van der Waals surface area contributed by atoms with Crippen LogP contribution in [0.15, 0.2) is 205 Å². The third-order valence-corrected chi connectivity index (χ3v) is 12.6. The zero-order valence-electron chi connectivity index (χ0n) is 33.3. The molecular formula is C56H39N3O. The number of hydrogen-bond donors (Lipinski definition) is 0. The van der Waals surface area contributed by atoms with E-state index in [0.717, 1.165) is 44.7 Å². The summed E-state index contributed by atoms with van der Waals surface area (Å²) in [6.45, 7) is 4.71. The van der Waals surface area contributed by atoms with Crippen LogP contribution in [-0.2, 0) is 5.41 Å². The van der Waals surface area contributed by atoms with Crippen molar-refractivity contribution in [3.63, 3.8) is 0 Å². The molecule has 0 spiro atoms. The van der Waals surface area contributed by atoms with Crippen molar-refractivity contribution < 1.29 is 4.42 Å². The van der Waals surface area contributed by atoms with Crippen LogP contribution in [0.4, 0.5) is 17.1 Å². The van der Waals surface area contributed by atoms with Crippen LogP contribution >= 0.6 is 0 Å². The number of hydrogen-bond acceptors (Lipinski definition) is 3. The molecule has 60 heavy (non-hydrogen) atoms. The zero-order chi connectivity index (χ0) is 40.0. The van der Waals surface area contributed by atoms with Crippen LogP contribution in [0.1, 0.15) is 25.0 Å². The van der Waals surface area contributed by atoms with E-state index in [1.807, 2.05) is 36.4 Å². The molecule has 0 saturated heterocycles. The van der Waals surface area contributed by atoms with E-state index < -0.39 is 0 Å². The van der Waals surface area contributed by atoms with E-state index in [2.05, 4.69) is 187 Å². The first-order valence-corrected chi connectivity index (χ1v) is 20.6. The summed E-state index contributed by atoms with van der Waals surface area (Å²) in [6.07, 6.45) is 0. The second kappa shape index (κ2) is 13.2. The van der Waals surface area contributed by atoms with Crippen LogP contribution in [0.25, 0.3) is 83.1 Å². The molecule has 284 valence electrons. The maximum atomic E-state index is 6.67. The van der Waals surface area contributed by atoms with Gasteiger partial charge in [0.25, 0.3) is 0 Å². The molecule has 0 unspecified atom stereocenters. The number of rotatable bonds is 6. The SMILES string of the molecule is CC1(C)c2ccccc2-c2c(-n3c4ccccc4c4ccc5cc(N(c6ccc(-c7ccccc7)cc6)c6cccc7nc(-c8ccccc8)oc67)ccc5c43)cccc21. The van der Waals surface area contributed by atoms with Gasteiger partial charge in [0.15, 0.2) is 5.58 Å². The van der Waals surface area contributed by atoms with Crippen LogP contribution in [0.5, 0.6) is 0 Å². The fraction of sp³-hybridized carbons (Fsp3) is 0.0536. The molecule has 0 aliphatic heterocycles. The summed E-state index contributed by atoms with van der Waals surface area (Å²) in [5.41, 5.74) is 16.7. The Bertz CT molecular complexity index is 3450. The lowest BCUT2D eigenvalue weighted by Crippen LogP contribution is -2.15. The molecule has 0 amide bonds. The van der Waals surface area contributed by atoms with Gasteiger partial charge in [-0.2, -0.15) is 0 Å². The average Bonchev–Trinajstić information content (AvgIpc) is 3.97. The summed E-state index contributed by atoms with van der Waals surface area (Å²) in [6, 6.07) is 71.8. The molecule has 11 aromatic rings. The molecule has 2 aromatic heterocycles. The lowest BCUT2D eigenvalue weighted by Gasteiger charge is -2.26. The Morgan fingerprint density at radius 1 is 0.517 bits per heavy atom. The number of fused-ring (bicyclic) bond motifs is 9. The Morgan fingerprint density at radius 3 is 2.02 bits per heavy atom. The Balaban J connectivity index is 1.08. The normalized spacial score (nSPS) is 13.0. The van der Waals surface area contributed by atoms with Gasteiger partial charge in [0.05, 0.1) is 22.4 Å². The molecule has 4 nitrogen and oxygen atoms in total. The summed E-state index contributed by atoms with van der Waals surface area (Å²) in [5, 5.41) is 4.83. The van der Waals surface area contributed by atoms with Crippen LogP contribution in [0, 0.1) is 0 Å². The quantitative estimate of drug-likeness (QED) is 0.169. The van der Waals surface area contributed by atoms with Gasteiger partial charge in [0.1, 0.15) is 5.52 Å². The number of benzene rings is 9. The Morgan fingerprint density at radius 2 is 1.18 bits per heavy atom. The summed E-state index contributed by atoms with van der Waals surface area (Å²) < 4.78 is 9.18. The summed E-state index contributed by atoms with van der Waals surface area (Å²) >= 11 is 0. The molecule has 4 heteroatoms. The van der Waals surface area contributed by atoms with E-state index in [0.29, 0.717) is 5.89 Å². The fourth-order valence-corrected chi connectivity index (χ4v) is 9.76. The first kappa shape index (κ1) is 34.4. The van der Waals surface area contributed by atoms with Crippen LogP contribution in [-0.4, -0.2) is 9.55 Å². The number of aromatic nitrogens is 2. The molecule has 12 rings (SSSR count). The van der Waals surface area contributed by atoms with Crippen molar-refractivity contribution in [2.24, 2.45) is 0 Å². The molecule has 0 bridgehead atoms. The van der Waals surface area contributed by atoms with Crippen molar-refractivity contribution in [1.82, 2.24) is 9.55 Å². The smallest absolute Gasteiger partial charge is 0.227 e. The van der Waals surface area contributed by atoms with Crippen molar-refractivity contribution in [1.29, 1.82) is 0 Å². The fourth-order valence-electron chi connectivity index (χ4n) is 9.76. The van der Waals surface area contributed by atoms with Crippen molar-refractivity contribution in [3.05, 3.63) is 211 Å². The summed E-state index contributed by atoms with van der Waals surface area (Å²) in [5.74, 6) is 0.601. The highest BCUT2D eigenvalue weighted by Crippen LogP contribution is 2.52. The monoisotopic (exact) mass is 769 g/mol. The second-order valence-electron chi connectivity index (χ2n) is 16.3. The molecule has 9 aromatic carbocycles. The second-order valence-corrected chi connectivity index (χ2v) is 16.3. The topological polar surface area (TPSA) is 34.2 Å². The molecule has 1 aliphatic carbocycles. The zero-order valence-corrected chi connectivity index (χ0v) is 33.3. The largest absolute Gasteiger partial charge is 0.434 e. The van der Waals surface area contributed by atoms with Gasteiger partial charge in [0, 0.05) is 44.1 Å². The highest BCUT2D eigenvalue weighted by Gasteiger charge is 2.37. The van der Waals surface area contributed by atoms with Crippen LogP contribution in [0.2, 0.25) is 0 Å². The third kappa shape index (κ3) is 5.14. The minimum atomic E-state index is -0.103. The lowest BCUT2D eigenvalue weighted by atomic mass is 9.82. The summed E-state index contributed by atoms with van der Waals surface area (Å²) in [4.78, 5) is 7.27. The van der Waals surface area contributed by atoms with E-state index in [-0.39, 0.29) is 5.41 Å². The number of nitrogens with zero attached hydrogens (tertiary/aromatic N) is 3. The van der Waals surface area contributed by atoms with Crippen LogP contribution in [0.3, 0.4) is 0 Å². The maximum absolute atomic E-state index is 6.67. The average molecular weight is 770 g/mol. The number of para-hydroxylation sites is 2. The first-order chi connectivity index (χ1) is 29.5. The van der Waals surface area contributed by atoms with Gasteiger partial charge in [-0.25, -0.2) is 4.98 Å². The molecule has 0 saturated carbocycles. The highest BCUT2D eigenvalue weighted by molar-refractivity contribution is 6.19. The molecule has 2 heterocycles. The molecule has 0 atom stereocenters. The van der Waals surface area contributed by atoms with Crippen molar-refractivity contribution in [3.8, 4) is 39.4 Å². The van der Waals surface area contributed by atoms with Crippen molar-refractivity contribution >= 4 is 60.7 Å². The van der Waals surface area contributed by atoms with Crippen molar-refractivity contribution in [2.75, 3.05) is 4.90 Å². The first-order valence-electron chi connectivity index (χ1n) is 20.6. The van der Waals surface area contributed by atoms with E-state index in [9.17, 15) is 0 Å². The van der Waals surface area contributed by atoms with Gasteiger partial charge in [-0.1, -0.05) is 153 Å². The predicted molar refractivity (Wildman–Crippen MR) is 249 cm³/mol. The number of anilines is 3. The minimum absolute atomic E-state index is 0.103. The Labute approximate surface area is 348 Å². The molecular weight excluding hydrogens is 731 g/mol. The van der Waals surface area contributed by atoms with Gasteiger partial charge in [-0.05, 0) is 93.9 Å². The van der Waals surface area contributed by atoms with Gasteiger partial charge in [0.2, 0.25) is 5.89 Å². The molecule has 0 fully saturated rings. The lowest BCUT2D eigenvalue weighted by molar-refractivity contribution is 0.620. The summed E-state index contributed by atoms with van der Waals surface area (Å²) in [7, 11) is 0. The van der Waals surface area contributed by atoms with Gasteiger partial charge in [-0.15, -0.1) is 0 Å².